The van der Waals surface area contributed by atoms with E-state index < -0.39 is 5.54 Å². The molecule has 0 saturated carbocycles. The Morgan fingerprint density at radius 1 is 1.67 bits per heavy atom. The smallest absolute Gasteiger partial charge is 0.256 e. The molecule has 1 heterocycles. The van der Waals surface area contributed by atoms with Gasteiger partial charge in [0, 0.05) is 18.5 Å². The predicted octanol–water partition coefficient (Wildman–Crippen LogP) is 0.704. The molecule has 0 atom stereocenters. The molecule has 0 aliphatic carbocycles. The van der Waals surface area contributed by atoms with Crippen molar-refractivity contribution in [1.82, 2.24) is 10.5 Å². The Morgan fingerprint density at radius 2 is 2.33 bits per heavy atom. The first-order valence-electron chi connectivity index (χ1n) is 4.96. The number of hydrogen-bond acceptors (Lipinski definition) is 4. The lowest BCUT2D eigenvalue weighted by molar-refractivity contribution is 0.0913. The minimum absolute atomic E-state index is 0.191. The van der Waals surface area contributed by atoms with Crippen molar-refractivity contribution in [1.29, 1.82) is 0 Å². The van der Waals surface area contributed by atoms with Crippen LogP contribution < -0.4 is 11.1 Å². The number of hydrogen-bond donors (Lipinski definition) is 2. The number of nitrogens with zero attached hydrogens (tertiary/aromatic N) is 1. The van der Waals surface area contributed by atoms with Crippen LogP contribution >= 0.6 is 0 Å². The van der Waals surface area contributed by atoms with Crippen molar-refractivity contribution in [2.24, 2.45) is 5.73 Å². The summed E-state index contributed by atoms with van der Waals surface area (Å²) in [5.41, 5.74) is 5.59. The van der Waals surface area contributed by atoms with E-state index in [1.807, 2.05) is 20.8 Å². The number of amides is 1. The summed E-state index contributed by atoms with van der Waals surface area (Å²) in [6, 6.07) is 0. The van der Waals surface area contributed by atoms with Crippen LogP contribution in [0.3, 0.4) is 0 Å². The molecule has 1 rings (SSSR count). The minimum atomic E-state index is -0.417. The molecule has 1 aromatic rings. The molecule has 0 spiro atoms. The summed E-state index contributed by atoms with van der Waals surface area (Å²) in [6.07, 6.45) is 2.08. The van der Waals surface area contributed by atoms with Gasteiger partial charge in [0.1, 0.15) is 11.3 Å². The molecule has 0 aromatic carbocycles. The van der Waals surface area contributed by atoms with Gasteiger partial charge in [-0.1, -0.05) is 12.1 Å². The van der Waals surface area contributed by atoms with E-state index in [1.165, 1.54) is 6.20 Å². The van der Waals surface area contributed by atoms with Crippen molar-refractivity contribution < 1.29 is 9.32 Å². The van der Waals surface area contributed by atoms with E-state index in [2.05, 4.69) is 10.5 Å². The summed E-state index contributed by atoms with van der Waals surface area (Å²) in [7, 11) is 0. The molecule has 1 aromatic heterocycles. The first-order valence-corrected chi connectivity index (χ1v) is 4.96. The Labute approximate surface area is 89.0 Å². The second-order valence-corrected chi connectivity index (χ2v) is 4.06. The molecule has 0 unspecified atom stereocenters. The summed E-state index contributed by atoms with van der Waals surface area (Å²) in [4.78, 5) is 11.8. The highest BCUT2D eigenvalue weighted by molar-refractivity contribution is 5.95. The Hall–Kier alpha value is -1.36. The third kappa shape index (κ3) is 2.79. The van der Waals surface area contributed by atoms with Gasteiger partial charge in [-0.2, -0.15) is 0 Å². The molecule has 0 fully saturated rings. The third-order valence-corrected chi connectivity index (χ3v) is 2.17. The Kier molecular flexibility index (Phi) is 3.47. The zero-order valence-electron chi connectivity index (χ0n) is 9.33. The van der Waals surface area contributed by atoms with E-state index in [1.54, 1.807) is 0 Å². The number of aryl methyl sites for hydroxylation is 1. The standard InChI is InChI=1S/C10H17N3O2/c1-4-8-7(5-12-15-8)9(14)13-10(2,3)6-11/h5H,4,6,11H2,1-3H3,(H,13,14). The first kappa shape index (κ1) is 11.7. The van der Waals surface area contributed by atoms with Crippen LogP contribution in [0, 0.1) is 0 Å². The highest BCUT2D eigenvalue weighted by Gasteiger charge is 2.22. The highest BCUT2D eigenvalue weighted by atomic mass is 16.5. The van der Waals surface area contributed by atoms with Crippen molar-refractivity contribution >= 4 is 5.91 Å². The summed E-state index contributed by atoms with van der Waals surface area (Å²) < 4.78 is 4.94. The van der Waals surface area contributed by atoms with Gasteiger partial charge in [0.2, 0.25) is 0 Å². The van der Waals surface area contributed by atoms with Gasteiger partial charge in [-0.05, 0) is 13.8 Å². The monoisotopic (exact) mass is 211 g/mol. The normalized spacial score (nSPS) is 11.5. The van der Waals surface area contributed by atoms with Crippen LogP contribution in [0.2, 0.25) is 0 Å². The van der Waals surface area contributed by atoms with Crippen LogP contribution in [0.1, 0.15) is 36.9 Å². The van der Waals surface area contributed by atoms with Crippen molar-refractivity contribution in [3.63, 3.8) is 0 Å². The molecule has 84 valence electrons. The molecule has 0 radical (unpaired) electrons. The molecule has 3 N–H and O–H groups in total. The van der Waals surface area contributed by atoms with Gasteiger partial charge in [0.25, 0.3) is 5.91 Å². The van der Waals surface area contributed by atoms with E-state index in [0.29, 0.717) is 24.3 Å². The lowest BCUT2D eigenvalue weighted by atomic mass is 10.1. The van der Waals surface area contributed by atoms with Crippen LogP contribution in [-0.4, -0.2) is 23.1 Å². The van der Waals surface area contributed by atoms with Crippen LogP contribution in [-0.2, 0) is 6.42 Å². The molecule has 5 heteroatoms. The summed E-state index contributed by atoms with van der Waals surface area (Å²) >= 11 is 0. The summed E-state index contributed by atoms with van der Waals surface area (Å²) in [6.45, 7) is 6.02. The highest BCUT2D eigenvalue weighted by Crippen LogP contribution is 2.10. The van der Waals surface area contributed by atoms with Crippen LogP contribution in [0.25, 0.3) is 0 Å². The van der Waals surface area contributed by atoms with E-state index in [9.17, 15) is 4.79 Å². The number of nitrogens with two attached hydrogens (primary N) is 1. The van der Waals surface area contributed by atoms with Crippen LogP contribution in [0.4, 0.5) is 0 Å². The topological polar surface area (TPSA) is 81.2 Å². The summed E-state index contributed by atoms with van der Waals surface area (Å²) in [5.74, 6) is 0.406. The second kappa shape index (κ2) is 4.44. The van der Waals surface area contributed by atoms with Gasteiger partial charge in [-0.3, -0.25) is 4.79 Å². The lowest BCUT2D eigenvalue weighted by Gasteiger charge is -2.23. The Balaban J connectivity index is 2.78. The number of rotatable bonds is 4. The molecule has 1 amide bonds. The largest absolute Gasteiger partial charge is 0.361 e. The minimum Gasteiger partial charge on any atom is -0.361 e. The maximum absolute atomic E-state index is 11.8. The van der Waals surface area contributed by atoms with Crippen molar-refractivity contribution in [2.45, 2.75) is 32.7 Å². The molecule has 0 bridgehead atoms. The van der Waals surface area contributed by atoms with Gasteiger partial charge >= 0.3 is 0 Å². The quantitative estimate of drug-likeness (QED) is 0.768. The Morgan fingerprint density at radius 3 is 2.87 bits per heavy atom. The van der Waals surface area contributed by atoms with Crippen molar-refractivity contribution in [3.8, 4) is 0 Å². The van der Waals surface area contributed by atoms with Gasteiger partial charge in [0.15, 0.2) is 0 Å². The molecular formula is C10H17N3O2. The maximum Gasteiger partial charge on any atom is 0.256 e. The molecule has 0 aliphatic heterocycles. The fraction of sp³-hybridized carbons (Fsp3) is 0.600. The van der Waals surface area contributed by atoms with E-state index in [0.717, 1.165) is 0 Å². The molecule has 5 nitrogen and oxygen atoms in total. The van der Waals surface area contributed by atoms with Gasteiger partial charge in [-0.15, -0.1) is 0 Å². The number of carbonyl (C=O) groups is 1. The zero-order valence-corrected chi connectivity index (χ0v) is 9.33. The number of carbonyl (C=O) groups excluding carboxylic acids is 1. The molecule has 15 heavy (non-hydrogen) atoms. The van der Waals surface area contributed by atoms with Gasteiger partial charge < -0.3 is 15.6 Å². The molecule has 0 aliphatic rings. The summed E-state index contributed by atoms with van der Waals surface area (Å²) in [5, 5.41) is 6.42. The van der Waals surface area contributed by atoms with Crippen LogP contribution in [0.15, 0.2) is 10.7 Å². The lowest BCUT2D eigenvalue weighted by Crippen LogP contribution is -2.48. The SMILES string of the molecule is CCc1oncc1C(=O)NC(C)(C)CN. The zero-order chi connectivity index (χ0) is 11.5. The Bertz CT molecular complexity index is 344. The average molecular weight is 211 g/mol. The fourth-order valence-corrected chi connectivity index (χ4v) is 1.13. The van der Waals surface area contributed by atoms with E-state index in [-0.39, 0.29) is 5.91 Å². The van der Waals surface area contributed by atoms with E-state index in [4.69, 9.17) is 10.3 Å². The maximum atomic E-state index is 11.8. The van der Waals surface area contributed by atoms with Gasteiger partial charge in [-0.25, -0.2) is 0 Å². The number of nitrogens with one attached hydrogen (secondary N) is 1. The average Bonchev–Trinajstić information content (AvgIpc) is 2.64. The second-order valence-electron chi connectivity index (χ2n) is 4.06. The van der Waals surface area contributed by atoms with Crippen LogP contribution in [0.5, 0.6) is 0 Å². The van der Waals surface area contributed by atoms with Gasteiger partial charge in [0.05, 0.1) is 6.20 Å². The van der Waals surface area contributed by atoms with Crippen molar-refractivity contribution in [2.75, 3.05) is 6.54 Å². The van der Waals surface area contributed by atoms with Crippen molar-refractivity contribution in [3.05, 3.63) is 17.5 Å². The number of aromatic nitrogens is 1. The third-order valence-electron chi connectivity index (χ3n) is 2.17. The molecular weight excluding hydrogens is 194 g/mol. The van der Waals surface area contributed by atoms with E-state index >= 15 is 0 Å². The predicted molar refractivity (Wildman–Crippen MR) is 56.5 cm³/mol. The molecule has 0 saturated heterocycles. The first-order chi connectivity index (χ1) is 7.00. The fourth-order valence-electron chi connectivity index (χ4n) is 1.13.